The smallest absolute Gasteiger partial charge is 0.330 e. The summed E-state index contributed by atoms with van der Waals surface area (Å²) in [5.41, 5.74) is 4.85. The van der Waals surface area contributed by atoms with E-state index in [4.69, 9.17) is 17.3 Å². The molecule has 2 N–H and O–H groups in total. The second kappa shape index (κ2) is 5.57. The maximum Gasteiger partial charge on any atom is 0.417 e. The fourth-order valence-corrected chi connectivity index (χ4v) is 2.26. The molecule has 2 aromatic heterocycles. The van der Waals surface area contributed by atoms with Crippen molar-refractivity contribution in [2.75, 3.05) is 6.54 Å². The third-order valence-corrected chi connectivity index (χ3v) is 3.37. The van der Waals surface area contributed by atoms with Crippen LogP contribution in [-0.2, 0) is 6.18 Å². The molecule has 20 heavy (non-hydrogen) atoms. The number of halogens is 4. The van der Waals surface area contributed by atoms with Crippen molar-refractivity contribution in [2.45, 2.75) is 31.9 Å². The fourth-order valence-electron chi connectivity index (χ4n) is 2.02. The van der Waals surface area contributed by atoms with Gasteiger partial charge in [-0.3, -0.25) is 4.40 Å². The Morgan fingerprint density at radius 1 is 1.40 bits per heavy atom. The molecule has 2 aromatic rings. The number of nitrogens with zero attached hydrogens (tertiary/aromatic N) is 3. The molecule has 0 bridgehead atoms. The van der Waals surface area contributed by atoms with Crippen LogP contribution in [0.5, 0.6) is 0 Å². The number of fused-ring (bicyclic) bond motifs is 1. The summed E-state index contributed by atoms with van der Waals surface area (Å²) in [4.78, 5) is 0. The lowest BCUT2D eigenvalue weighted by Crippen LogP contribution is -2.09. The first-order valence-corrected chi connectivity index (χ1v) is 6.54. The third-order valence-electron chi connectivity index (χ3n) is 3.10. The van der Waals surface area contributed by atoms with Gasteiger partial charge in [0, 0.05) is 12.1 Å². The van der Waals surface area contributed by atoms with Crippen molar-refractivity contribution >= 4 is 17.2 Å². The SMILES string of the molecule is CC(CCCN)c1nnc2c(Cl)cc(C(F)(F)F)cn12. The van der Waals surface area contributed by atoms with Crippen LogP contribution in [0, 0.1) is 0 Å². The Morgan fingerprint density at radius 3 is 2.70 bits per heavy atom. The van der Waals surface area contributed by atoms with Crippen molar-refractivity contribution < 1.29 is 13.2 Å². The number of rotatable bonds is 4. The Hall–Kier alpha value is -1.34. The summed E-state index contributed by atoms with van der Waals surface area (Å²) in [6.07, 6.45) is -1.98. The highest BCUT2D eigenvalue weighted by molar-refractivity contribution is 6.33. The van der Waals surface area contributed by atoms with Crippen LogP contribution in [0.3, 0.4) is 0 Å². The summed E-state index contributed by atoms with van der Waals surface area (Å²) >= 11 is 5.85. The predicted molar refractivity (Wildman–Crippen MR) is 69.7 cm³/mol. The monoisotopic (exact) mass is 306 g/mol. The average molecular weight is 307 g/mol. The van der Waals surface area contributed by atoms with E-state index in [0.29, 0.717) is 12.4 Å². The molecule has 0 aliphatic carbocycles. The van der Waals surface area contributed by atoms with Gasteiger partial charge in [0.1, 0.15) is 5.82 Å². The van der Waals surface area contributed by atoms with E-state index in [1.54, 1.807) is 0 Å². The molecule has 0 aromatic carbocycles. The van der Waals surface area contributed by atoms with E-state index in [0.717, 1.165) is 25.1 Å². The van der Waals surface area contributed by atoms with Crippen LogP contribution in [0.2, 0.25) is 5.02 Å². The molecule has 0 saturated heterocycles. The summed E-state index contributed by atoms with van der Waals surface area (Å²) in [6.45, 7) is 2.40. The Bertz CT molecular complexity index is 609. The van der Waals surface area contributed by atoms with E-state index in [1.807, 2.05) is 6.92 Å². The van der Waals surface area contributed by atoms with E-state index in [1.165, 1.54) is 4.40 Å². The number of pyridine rings is 1. The van der Waals surface area contributed by atoms with E-state index < -0.39 is 11.7 Å². The maximum absolute atomic E-state index is 12.8. The van der Waals surface area contributed by atoms with E-state index in [9.17, 15) is 13.2 Å². The highest BCUT2D eigenvalue weighted by Crippen LogP contribution is 2.33. The molecule has 2 rings (SSSR count). The number of hydrogen-bond acceptors (Lipinski definition) is 3. The van der Waals surface area contributed by atoms with Crippen LogP contribution in [0.1, 0.15) is 37.1 Å². The van der Waals surface area contributed by atoms with E-state index in [-0.39, 0.29) is 16.6 Å². The van der Waals surface area contributed by atoms with Gasteiger partial charge in [-0.25, -0.2) is 0 Å². The molecular formula is C12H14ClF3N4. The minimum absolute atomic E-state index is 0.0481. The Morgan fingerprint density at radius 2 is 2.10 bits per heavy atom. The number of alkyl halides is 3. The molecule has 0 aliphatic rings. The zero-order valence-corrected chi connectivity index (χ0v) is 11.5. The minimum Gasteiger partial charge on any atom is -0.330 e. The summed E-state index contributed by atoms with van der Waals surface area (Å²) in [5, 5.41) is 7.74. The van der Waals surface area contributed by atoms with Crippen LogP contribution in [0.15, 0.2) is 12.3 Å². The van der Waals surface area contributed by atoms with Crippen molar-refractivity contribution in [1.82, 2.24) is 14.6 Å². The summed E-state index contributed by atoms with van der Waals surface area (Å²) in [5.74, 6) is 0.412. The summed E-state index contributed by atoms with van der Waals surface area (Å²) in [6, 6.07) is 0.861. The summed E-state index contributed by atoms with van der Waals surface area (Å²) < 4.78 is 39.7. The minimum atomic E-state index is -4.46. The van der Waals surface area contributed by atoms with E-state index in [2.05, 4.69) is 10.2 Å². The highest BCUT2D eigenvalue weighted by Gasteiger charge is 2.32. The quantitative estimate of drug-likeness (QED) is 0.943. The van der Waals surface area contributed by atoms with Gasteiger partial charge in [0.25, 0.3) is 0 Å². The molecule has 2 heterocycles. The third kappa shape index (κ3) is 2.88. The van der Waals surface area contributed by atoms with Crippen LogP contribution in [-0.4, -0.2) is 21.1 Å². The van der Waals surface area contributed by atoms with E-state index >= 15 is 0 Å². The van der Waals surface area contributed by atoms with Crippen molar-refractivity contribution in [1.29, 1.82) is 0 Å². The van der Waals surface area contributed by atoms with Gasteiger partial charge in [-0.05, 0) is 25.5 Å². The lowest BCUT2D eigenvalue weighted by atomic mass is 10.1. The van der Waals surface area contributed by atoms with Gasteiger partial charge in [0.15, 0.2) is 5.65 Å². The topological polar surface area (TPSA) is 56.2 Å². The van der Waals surface area contributed by atoms with Gasteiger partial charge >= 0.3 is 6.18 Å². The second-order valence-corrected chi connectivity index (χ2v) is 5.07. The molecule has 1 atom stereocenters. The predicted octanol–water partition coefficient (Wildman–Crippen LogP) is 3.24. The average Bonchev–Trinajstić information content (AvgIpc) is 2.79. The molecular weight excluding hydrogens is 293 g/mol. The maximum atomic E-state index is 12.8. The molecule has 4 nitrogen and oxygen atoms in total. The molecule has 8 heteroatoms. The van der Waals surface area contributed by atoms with Gasteiger partial charge in [-0.2, -0.15) is 13.2 Å². The first kappa shape index (κ1) is 15.1. The largest absolute Gasteiger partial charge is 0.417 e. The van der Waals surface area contributed by atoms with Crippen LogP contribution < -0.4 is 5.73 Å². The van der Waals surface area contributed by atoms with Crippen molar-refractivity contribution in [3.63, 3.8) is 0 Å². The number of aromatic nitrogens is 3. The van der Waals surface area contributed by atoms with Gasteiger partial charge in [-0.15, -0.1) is 10.2 Å². The lowest BCUT2D eigenvalue weighted by Gasteiger charge is -2.11. The van der Waals surface area contributed by atoms with Gasteiger partial charge in [0.05, 0.1) is 10.6 Å². The molecule has 0 amide bonds. The standard InChI is InChI=1S/C12H14ClF3N4/c1-7(3-2-4-17)10-18-19-11-9(13)5-8(6-20(10)11)12(14,15)16/h5-7H,2-4,17H2,1H3. The normalized spacial score (nSPS) is 13.9. The van der Waals surface area contributed by atoms with Crippen LogP contribution in [0.25, 0.3) is 5.65 Å². The Kier molecular flexibility index (Phi) is 4.19. The second-order valence-electron chi connectivity index (χ2n) is 4.66. The Labute approximate surface area is 118 Å². The van der Waals surface area contributed by atoms with Gasteiger partial charge in [0.2, 0.25) is 0 Å². The van der Waals surface area contributed by atoms with Gasteiger partial charge in [-0.1, -0.05) is 18.5 Å². The molecule has 1 unspecified atom stereocenters. The Balaban J connectivity index is 2.50. The lowest BCUT2D eigenvalue weighted by molar-refractivity contribution is -0.137. The van der Waals surface area contributed by atoms with Crippen molar-refractivity contribution in [2.24, 2.45) is 5.73 Å². The molecule has 0 aliphatic heterocycles. The van der Waals surface area contributed by atoms with Crippen LogP contribution >= 0.6 is 11.6 Å². The first-order valence-electron chi connectivity index (χ1n) is 6.16. The molecule has 110 valence electrons. The first-order chi connectivity index (χ1) is 9.34. The van der Waals surface area contributed by atoms with Crippen molar-refractivity contribution in [3.8, 4) is 0 Å². The van der Waals surface area contributed by atoms with Crippen molar-refractivity contribution in [3.05, 3.63) is 28.7 Å². The zero-order valence-electron chi connectivity index (χ0n) is 10.8. The highest BCUT2D eigenvalue weighted by atomic mass is 35.5. The number of nitrogens with two attached hydrogens (primary N) is 1. The zero-order chi connectivity index (χ0) is 14.9. The molecule has 0 fully saturated rings. The molecule has 0 spiro atoms. The van der Waals surface area contributed by atoms with Gasteiger partial charge < -0.3 is 5.73 Å². The fraction of sp³-hybridized carbons (Fsp3) is 0.500. The number of hydrogen-bond donors (Lipinski definition) is 1. The summed E-state index contributed by atoms with van der Waals surface area (Å²) in [7, 11) is 0. The molecule has 0 radical (unpaired) electrons. The molecule has 0 saturated carbocycles. The van der Waals surface area contributed by atoms with Crippen LogP contribution in [0.4, 0.5) is 13.2 Å².